The van der Waals surface area contributed by atoms with Gasteiger partial charge in [-0.1, -0.05) is 6.07 Å². The van der Waals surface area contributed by atoms with Crippen LogP contribution in [0.5, 0.6) is 0 Å². The van der Waals surface area contributed by atoms with Gasteiger partial charge >= 0.3 is 0 Å². The Kier molecular flexibility index (Phi) is 1.33. The average Bonchev–Trinajstić information content (AvgIpc) is 2.49. The molecule has 0 bridgehead atoms. The maximum absolute atomic E-state index is 10.9. The smallest absolute Gasteiger partial charge is 0.249 e. The lowest BCUT2D eigenvalue weighted by Gasteiger charge is -1.94. The van der Waals surface area contributed by atoms with Gasteiger partial charge in [0.25, 0.3) is 0 Å². The van der Waals surface area contributed by atoms with Gasteiger partial charge in [-0.2, -0.15) is 5.10 Å². The van der Waals surface area contributed by atoms with Gasteiger partial charge in [0.05, 0.1) is 17.3 Å². The Morgan fingerprint density at radius 3 is 3.08 bits per heavy atom. The minimum atomic E-state index is -0.429. The first-order chi connectivity index (χ1) is 5.79. The Morgan fingerprint density at radius 2 is 2.33 bits per heavy atom. The molecule has 1 aromatic carbocycles. The maximum Gasteiger partial charge on any atom is 0.249 e. The molecule has 1 heterocycles. The van der Waals surface area contributed by atoms with Gasteiger partial charge in [-0.05, 0) is 12.1 Å². The summed E-state index contributed by atoms with van der Waals surface area (Å²) in [5, 5.41) is 7.34. The predicted octanol–water partition coefficient (Wildman–Crippen LogP) is 0.662. The summed E-state index contributed by atoms with van der Waals surface area (Å²) in [4.78, 5) is 10.9. The van der Waals surface area contributed by atoms with Crippen LogP contribution in [0.25, 0.3) is 10.9 Å². The van der Waals surface area contributed by atoms with Crippen LogP contribution < -0.4 is 5.73 Å². The topological polar surface area (TPSA) is 71.8 Å². The van der Waals surface area contributed by atoms with Gasteiger partial charge in [-0.15, -0.1) is 0 Å². The number of hydrogen-bond acceptors (Lipinski definition) is 2. The Balaban J connectivity index is 2.82. The minimum Gasteiger partial charge on any atom is -0.366 e. The molecule has 4 heteroatoms. The highest BCUT2D eigenvalue weighted by molar-refractivity contribution is 6.05. The molecule has 4 nitrogen and oxygen atoms in total. The monoisotopic (exact) mass is 161 g/mol. The van der Waals surface area contributed by atoms with E-state index in [4.69, 9.17) is 5.73 Å². The van der Waals surface area contributed by atoms with Crippen molar-refractivity contribution in [2.75, 3.05) is 0 Å². The second-order valence-corrected chi connectivity index (χ2v) is 2.50. The Bertz CT molecular complexity index is 433. The number of nitrogens with one attached hydrogen (secondary N) is 1. The zero-order chi connectivity index (χ0) is 8.55. The number of benzene rings is 1. The molecule has 0 aliphatic carbocycles. The van der Waals surface area contributed by atoms with Gasteiger partial charge in [0, 0.05) is 5.39 Å². The number of rotatable bonds is 1. The molecule has 60 valence electrons. The van der Waals surface area contributed by atoms with Crippen LogP contribution in [0.1, 0.15) is 10.4 Å². The lowest BCUT2D eigenvalue weighted by Crippen LogP contribution is -2.10. The number of nitrogens with zero attached hydrogens (tertiary/aromatic N) is 1. The van der Waals surface area contributed by atoms with Crippen molar-refractivity contribution in [3.8, 4) is 0 Å². The number of carbonyl (C=O) groups is 1. The molecular formula is C8H7N3O. The third-order valence-corrected chi connectivity index (χ3v) is 1.75. The number of primary amides is 1. The number of fused-ring (bicyclic) bond motifs is 1. The lowest BCUT2D eigenvalue weighted by molar-refractivity contribution is 0.100. The summed E-state index contributed by atoms with van der Waals surface area (Å²) >= 11 is 0. The van der Waals surface area contributed by atoms with E-state index in [0.717, 1.165) is 10.9 Å². The molecule has 1 aromatic heterocycles. The Hall–Kier alpha value is -1.84. The molecule has 0 spiro atoms. The Morgan fingerprint density at radius 1 is 1.50 bits per heavy atom. The van der Waals surface area contributed by atoms with Crippen molar-refractivity contribution in [2.24, 2.45) is 5.73 Å². The molecule has 0 atom stereocenters. The van der Waals surface area contributed by atoms with E-state index in [-0.39, 0.29) is 0 Å². The van der Waals surface area contributed by atoms with Crippen LogP contribution in [0, 0.1) is 0 Å². The van der Waals surface area contributed by atoms with Crippen LogP contribution >= 0.6 is 0 Å². The number of carbonyl (C=O) groups excluding carboxylic acids is 1. The van der Waals surface area contributed by atoms with Crippen molar-refractivity contribution < 1.29 is 4.79 Å². The minimum absolute atomic E-state index is 0.429. The first-order valence-corrected chi connectivity index (χ1v) is 3.51. The van der Waals surface area contributed by atoms with Gasteiger partial charge in [-0.25, -0.2) is 0 Å². The molecule has 0 aliphatic heterocycles. The quantitative estimate of drug-likeness (QED) is 0.644. The first kappa shape index (κ1) is 6.84. The van der Waals surface area contributed by atoms with Gasteiger partial charge in [0.1, 0.15) is 0 Å². The standard InChI is InChI=1S/C8H7N3O/c9-8(12)5-2-1-3-7-6(5)4-10-11-7/h1-4H,(H2,9,12)(H,10,11). The van der Waals surface area contributed by atoms with Crippen molar-refractivity contribution in [3.63, 3.8) is 0 Å². The van der Waals surface area contributed by atoms with E-state index in [1.54, 1.807) is 18.3 Å². The van der Waals surface area contributed by atoms with E-state index in [1.165, 1.54) is 0 Å². The summed E-state index contributed by atoms with van der Waals surface area (Å²) in [6.07, 6.45) is 1.59. The molecule has 0 unspecified atom stereocenters. The molecule has 0 radical (unpaired) electrons. The summed E-state index contributed by atoms with van der Waals surface area (Å²) < 4.78 is 0. The number of nitrogens with two attached hydrogens (primary N) is 1. The van der Waals surface area contributed by atoms with E-state index in [2.05, 4.69) is 10.2 Å². The van der Waals surface area contributed by atoms with Crippen LogP contribution in [0.15, 0.2) is 24.4 Å². The van der Waals surface area contributed by atoms with Gasteiger partial charge in [0.2, 0.25) is 5.91 Å². The van der Waals surface area contributed by atoms with E-state index in [1.807, 2.05) is 6.07 Å². The number of aromatic amines is 1. The van der Waals surface area contributed by atoms with E-state index < -0.39 is 5.91 Å². The van der Waals surface area contributed by atoms with Crippen molar-refractivity contribution in [1.82, 2.24) is 10.2 Å². The van der Waals surface area contributed by atoms with E-state index in [0.29, 0.717) is 5.56 Å². The second-order valence-electron chi connectivity index (χ2n) is 2.50. The molecule has 1 amide bonds. The molecule has 0 aliphatic rings. The van der Waals surface area contributed by atoms with Crippen molar-refractivity contribution in [3.05, 3.63) is 30.0 Å². The van der Waals surface area contributed by atoms with Crippen LogP contribution in [0.4, 0.5) is 0 Å². The summed E-state index contributed by atoms with van der Waals surface area (Å²) in [5.74, 6) is -0.429. The van der Waals surface area contributed by atoms with Gasteiger partial charge < -0.3 is 5.73 Å². The third-order valence-electron chi connectivity index (χ3n) is 1.75. The molecule has 0 saturated carbocycles. The SMILES string of the molecule is NC(=O)c1cccc2[nH]ncc12. The number of aromatic nitrogens is 2. The first-order valence-electron chi connectivity index (χ1n) is 3.51. The van der Waals surface area contributed by atoms with Gasteiger partial charge in [-0.3, -0.25) is 9.89 Å². The molecule has 2 rings (SSSR count). The molecule has 12 heavy (non-hydrogen) atoms. The van der Waals surface area contributed by atoms with Crippen LogP contribution in [-0.2, 0) is 0 Å². The number of amides is 1. The Labute approximate surface area is 68.4 Å². The normalized spacial score (nSPS) is 10.3. The zero-order valence-corrected chi connectivity index (χ0v) is 6.24. The average molecular weight is 161 g/mol. The maximum atomic E-state index is 10.9. The lowest BCUT2D eigenvalue weighted by atomic mass is 10.1. The fourth-order valence-electron chi connectivity index (χ4n) is 1.18. The predicted molar refractivity (Wildman–Crippen MR) is 44.6 cm³/mol. The van der Waals surface area contributed by atoms with Crippen molar-refractivity contribution in [1.29, 1.82) is 0 Å². The molecule has 3 N–H and O–H groups in total. The largest absolute Gasteiger partial charge is 0.366 e. The summed E-state index contributed by atoms with van der Waals surface area (Å²) in [7, 11) is 0. The zero-order valence-electron chi connectivity index (χ0n) is 6.24. The third kappa shape index (κ3) is 0.852. The number of H-pyrrole nitrogens is 1. The van der Waals surface area contributed by atoms with E-state index >= 15 is 0 Å². The fraction of sp³-hybridized carbons (Fsp3) is 0. The highest BCUT2D eigenvalue weighted by atomic mass is 16.1. The summed E-state index contributed by atoms with van der Waals surface area (Å²) in [6, 6.07) is 5.29. The number of hydrogen-bond donors (Lipinski definition) is 2. The fourth-order valence-corrected chi connectivity index (χ4v) is 1.18. The second kappa shape index (κ2) is 2.34. The highest BCUT2D eigenvalue weighted by Crippen LogP contribution is 2.14. The van der Waals surface area contributed by atoms with Gasteiger partial charge in [0.15, 0.2) is 0 Å². The summed E-state index contributed by atoms with van der Waals surface area (Å²) in [6.45, 7) is 0. The van der Waals surface area contributed by atoms with Crippen LogP contribution in [0.2, 0.25) is 0 Å². The van der Waals surface area contributed by atoms with Crippen LogP contribution in [-0.4, -0.2) is 16.1 Å². The molecular weight excluding hydrogens is 154 g/mol. The molecule has 0 fully saturated rings. The molecule has 0 saturated heterocycles. The van der Waals surface area contributed by atoms with Crippen molar-refractivity contribution in [2.45, 2.75) is 0 Å². The highest BCUT2D eigenvalue weighted by Gasteiger charge is 2.05. The van der Waals surface area contributed by atoms with Crippen LogP contribution in [0.3, 0.4) is 0 Å². The molecule has 2 aromatic rings. The summed E-state index contributed by atoms with van der Waals surface area (Å²) in [5.41, 5.74) is 6.48. The van der Waals surface area contributed by atoms with E-state index in [9.17, 15) is 4.79 Å². The van der Waals surface area contributed by atoms with Crippen molar-refractivity contribution >= 4 is 16.8 Å².